The van der Waals surface area contributed by atoms with E-state index in [1.165, 1.54) is 32.2 Å². The van der Waals surface area contributed by atoms with Crippen LogP contribution in [-0.2, 0) is 4.79 Å². The van der Waals surface area contributed by atoms with E-state index in [9.17, 15) is 4.79 Å². The fourth-order valence-corrected chi connectivity index (χ4v) is 3.00. The second kappa shape index (κ2) is 14.7. The average molecular weight is 453 g/mol. The third-order valence-corrected chi connectivity index (χ3v) is 4.35. The number of aliphatic imine (C=N–C) groups is 1. The first-order valence-corrected chi connectivity index (χ1v) is 9.16. The van der Waals surface area contributed by atoms with Crippen LogP contribution in [0.25, 0.3) is 0 Å². The summed E-state index contributed by atoms with van der Waals surface area (Å²) in [5.41, 5.74) is 0. The molecule has 0 spiro atoms. The maximum atomic E-state index is 11.5. The molecule has 1 aliphatic heterocycles. The Kier molecular flexibility index (Phi) is 14.4. The number of hydrogen-bond acceptors (Lipinski definition) is 3. The van der Waals surface area contributed by atoms with Gasteiger partial charge in [0.2, 0.25) is 5.91 Å². The number of amides is 1. The van der Waals surface area contributed by atoms with E-state index in [4.69, 9.17) is 0 Å². The molecule has 1 amide bonds. The third-order valence-electron chi connectivity index (χ3n) is 4.35. The molecule has 0 saturated carbocycles. The first kappa shape index (κ1) is 23.4. The first-order valence-electron chi connectivity index (χ1n) is 9.16. The number of carbonyl (C=O) groups excluding carboxylic acids is 1. The van der Waals surface area contributed by atoms with Crippen molar-refractivity contribution >= 4 is 35.8 Å². The van der Waals surface area contributed by atoms with E-state index >= 15 is 0 Å². The van der Waals surface area contributed by atoms with Crippen molar-refractivity contribution in [3.05, 3.63) is 0 Å². The van der Waals surface area contributed by atoms with Crippen molar-refractivity contribution in [1.29, 1.82) is 0 Å². The SMILES string of the molecule is CCCNC(=O)CCNC(=NC)NCCN1CCCCC1CC.I. The summed E-state index contributed by atoms with van der Waals surface area (Å²) >= 11 is 0. The van der Waals surface area contributed by atoms with Gasteiger partial charge in [0, 0.05) is 45.7 Å². The summed E-state index contributed by atoms with van der Waals surface area (Å²) in [6.45, 7) is 8.84. The fourth-order valence-electron chi connectivity index (χ4n) is 3.00. The van der Waals surface area contributed by atoms with Gasteiger partial charge in [-0.25, -0.2) is 0 Å². The molecule has 7 heteroatoms. The van der Waals surface area contributed by atoms with Gasteiger partial charge < -0.3 is 16.0 Å². The highest BCUT2D eigenvalue weighted by atomic mass is 127. The van der Waals surface area contributed by atoms with Crippen molar-refractivity contribution < 1.29 is 4.79 Å². The highest BCUT2D eigenvalue weighted by Gasteiger charge is 2.19. The van der Waals surface area contributed by atoms with Crippen LogP contribution in [0.5, 0.6) is 0 Å². The zero-order valence-corrected chi connectivity index (χ0v) is 17.9. The van der Waals surface area contributed by atoms with Gasteiger partial charge in [0.15, 0.2) is 5.96 Å². The van der Waals surface area contributed by atoms with Crippen molar-refractivity contribution in [3.8, 4) is 0 Å². The van der Waals surface area contributed by atoms with Gasteiger partial charge in [0.05, 0.1) is 0 Å². The van der Waals surface area contributed by atoms with Crippen molar-refractivity contribution in [3.63, 3.8) is 0 Å². The molecule has 1 rings (SSSR count). The Bertz CT molecular complexity index is 365. The molecule has 142 valence electrons. The van der Waals surface area contributed by atoms with Crippen molar-refractivity contribution in [2.75, 3.05) is 39.8 Å². The van der Waals surface area contributed by atoms with E-state index in [0.717, 1.165) is 38.1 Å². The minimum Gasteiger partial charge on any atom is -0.356 e. The van der Waals surface area contributed by atoms with Crippen LogP contribution in [-0.4, -0.2) is 62.6 Å². The van der Waals surface area contributed by atoms with Gasteiger partial charge in [-0.1, -0.05) is 20.3 Å². The topological polar surface area (TPSA) is 68.8 Å². The fraction of sp³-hybridized carbons (Fsp3) is 0.882. The Hall–Kier alpha value is -0.570. The highest BCUT2D eigenvalue weighted by molar-refractivity contribution is 14.0. The van der Waals surface area contributed by atoms with Gasteiger partial charge in [-0.3, -0.25) is 14.7 Å². The highest BCUT2D eigenvalue weighted by Crippen LogP contribution is 2.18. The Morgan fingerprint density at radius 2 is 1.88 bits per heavy atom. The minimum absolute atomic E-state index is 0. The third kappa shape index (κ3) is 9.66. The summed E-state index contributed by atoms with van der Waals surface area (Å²) in [5, 5.41) is 9.42. The van der Waals surface area contributed by atoms with Gasteiger partial charge in [0.25, 0.3) is 0 Å². The summed E-state index contributed by atoms with van der Waals surface area (Å²) in [6.07, 6.45) is 6.70. The lowest BCUT2D eigenvalue weighted by Crippen LogP contribution is -2.46. The summed E-state index contributed by atoms with van der Waals surface area (Å²) in [7, 11) is 1.77. The number of halogens is 1. The van der Waals surface area contributed by atoms with E-state index in [1.807, 2.05) is 0 Å². The molecule has 24 heavy (non-hydrogen) atoms. The van der Waals surface area contributed by atoms with Crippen molar-refractivity contribution in [2.24, 2.45) is 4.99 Å². The predicted octanol–water partition coefficient (Wildman–Crippen LogP) is 1.95. The molecule has 1 unspecified atom stereocenters. The van der Waals surface area contributed by atoms with Crippen LogP contribution in [0.2, 0.25) is 0 Å². The normalized spacial score (nSPS) is 18.6. The average Bonchev–Trinajstić information content (AvgIpc) is 2.58. The maximum Gasteiger partial charge on any atom is 0.221 e. The molecule has 0 aromatic heterocycles. The molecular weight excluding hydrogens is 417 g/mol. The van der Waals surface area contributed by atoms with Gasteiger partial charge >= 0.3 is 0 Å². The summed E-state index contributed by atoms with van der Waals surface area (Å²) in [6, 6.07) is 0.739. The first-order chi connectivity index (χ1) is 11.2. The quantitative estimate of drug-likeness (QED) is 0.284. The zero-order valence-electron chi connectivity index (χ0n) is 15.6. The number of carbonyl (C=O) groups is 1. The lowest BCUT2D eigenvalue weighted by molar-refractivity contribution is -0.120. The Morgan fingerprint density at radius 3 is 2.54 bits per heavy atom. The van der Waals surface area contributed by atoms with Crippen LogP contribution in [0.3, 0.4) is 0 Å². The maximum absolute atomic E-state index is 11.5. The lowest BCUT2D eigenvalue weighted by Gasteiger charge is -2.35. The van der Waals surface area contributed by atoms with E-state index in [0.29, 0.717) is 13.0 Å². The summed E-state index contributed by atoms with van der Waals surface area (Å²) < 4.78 is 0. The molecule has 1 aliphatic rings. The predicted molar refractivity (Wildman–Crippen MR) is 112 cm³/mol. The summed E-state index contributed by atoms with van der Waals surface area (Å²) in [5.74, 6) is 0.868. The molecule has 1 saturated heterocycles. The molecule has 3 N–H and O–H groups in total. The Balaban J connectivity index is 0.00000529. The molecular formula is C17H36IN5O. The lowest BCUT2D eigenvalue weighted by atomic mass is 10.0. The van der Waals surface area contributed by atoms with E-state index in [-0.39, 0.29) is 29.9 Å². The largest absolute Gasteiger partial charge is 0.356 e. The standard InChI is InChI=1S/C17H35N5O.HI/c1-4-10-19-16(23)9-11-20-17(18-3)21-12-14-22-13-7-6-8-15(22)5-2;/h15H,4-14H2,1-3H3,(H,19,23)(H2,18,20,21);1H. The zero-order chi connectivity index (χ0) is 16.9. The second-order valence-electron chi connectivity index (χ2n) is 6.12. The second-order valence-corrected chi connectivity index (χ2v) is 6.12. The molecule has 1 atom stereocenters. The minimum atomic E-state index is 0. The molecule has 0 aromatic rings. The number of piperidine rings is 1. The Labute approximate surface area is 164 Å². The smallest absolute Gasteiger partial charge is 0.221 e. The molecule has 0 radical (unpaired) electrons. The van der Waals surface area contributed by atoms with Gasteiger partial charge in [-0.15, -0.1) is 24.0 Å². The Morgan fingerprint density at radius 1 is 1.12 bits per heavy atom. The van der Waals surface area contributed by atoms with Crippen molar-refractivity contribution in [1.82, 2.24) is 20.9 Å². The van der Waals surface area contributed by atoms with Crippen LogP contribution in [0, 0.1) is 0 Å². The van der Waals surface area contributed by atoms with Crippen LogP contribution in [0.4, 0.5) is 0 Å². The monoisotopic (exact) mass is 453 g/mol. The van der Waals surface area contributed by atoms with E-state index in [1.54, 1.807) is 7.05 Å². The van der Waals surface area contributed by atoms with E-state index in [2.05, 4.69) is 39.7 Å². The molecule has 0 aliphatic carbocycles. The van der Waals surface area contributed by atoms with Crippen LogP contribution >= 0.6 is 24.0 Å². The molecule has 1 heterocycles. The molecule has 6 nitrogen and oxygen atoms in total. The number of hydrogen-bond donors (Lipinski definition) is 3. The molecule has 0 bridgehead atoms. The van der Waals surface area contributed by atoms with Gasteiger partial charge in [-0.05, 0) is 32.2 Å². The van der Waals surface area contributed by atoms with Crippen LogP contribution in [0.1, 0.15) is 52.4 Å². The van der Waals surface area contributed by atoms with Crippen molar-refractivity contribution in [2.45, 2.75) is 58.4 Å². The number of nitrogens with one attached hydrogen (secondary N) is 3. The summed E-state index contributed by atoms with van der Waals surface area (Å²) in [4.78, 5) is 18.3. The van der Waals surface area contributed by atoms with Gasteiger partial charge in [0.1, 0.15) is 0 Å². The van der Waals surface area contributed by atoms with Crippen LogP contribution in [0.15, 0.2) is 4.99 Å². The molecule has 0 aromatic carbocycles. The molecule has 1 fully saturated rings. The number of rotatable bonds is 9. The number of nitrogens with zero attached hydrogens (tertiary/aromatic N) is 2. The van der Waals surface area contributed by atoms with E-state index < -0.39 is 0 Å². The number of likely N-dealkylation sites (tertiary alicyclic amines) is 1. The van der Waals surface area contributed by atoms with Gasteiger partial charge in [-0.2, -0.15) is 0 Å². The number of guanidine groups is 1. The van der Waals surface area contributed by atoms with Crippen LogP contribution < -0.4 is 16.0 Å².